The third-order valence-electron chi connectivity index (χ3n) is 4.56. The molecular formula is C20H19F3N2O2. The quantitative estimate of drug-likeness (QED) is 0.885. The molecule has 0 saturated carbocycles. The van der Waals surface area contributed by atoms with E-state index in [0.29, 0.717) is 5.56 Å². The second-order valence-corrected chi connectivity index (χ2v) is 6.66. The number of benzene rings is 2. The maximum absolute atomic E-state index is 12.8. The van der Waals surface area contributed by atoms with Crippen LogP contribution in [0.5, 0.6) is 0 Å². The van der Waals surface area contributed by atoms with Gasteiger partial charge in [-0.1, -0.05) is 29.8 Å². The summed E-state index contributed by atoms with van der Waals surface area (Å²) in [5.41, 5.74) is 1.41. The second kappa shape index (κ2) is 7.42. The fraction of sp³-hybridized carbons (Fsp3) is 0.300. The Kier molecular flexibility index (Phi) is 5.21. The fourth-order valence-corrected chi connectivity index (χ4v) is 3.05. The van der Waals surface area contributed by atoms with Crippen LogP contribution in [0.15, 0.2) is 48.5 Å². The average Bonchev–Trinajstić information content (AvgIpc) is 3.02. The first-order chi connectivity index (χ1) is 12.7. The first-order valence-corrected chi connectivity index (χ1v) is 8.55. The summed E-state index contributed by atoms with van der Waals surface area (Å²) in [5.74, 6) is -1.00. The van der Waals surface area contributed by atoms with Gasteiger partial charge >= 0.3 is 6.18 Å². The third-order valence-corrected chi connectivity index (χ3v) is 4.56. The van der Waals surface area contributed by atoms with E-state index in [-0.39, 0.29) is 31.3 Å². The van der Waals surface area contributed by atoms with Gasteiger partial charge in [0.05, 0.1) is 11.5 Å². The third kappa shape index (κ3) is 4.48. The molecule has 27 heavy (non-hydrogen) atoms. The van der Waals surface area contributed by atoms with Gasteiger partial charge in [0, 0.05) is 25.2 Å². The van der Waals surface area contributed by atoms with Crippen LogP contribution >= 0.6 is 0 Å². The van der Waals surface area contributed by atoms with Crippen molar-refractivity contribution in [2.75, 3.05) is 11.4 Å². The molecule has 1 N–H and O–H groups in total. The Labute approximate surface area is 155 Å². The van der Waals surface area contributed by atoms with Crippen LogP contribution in [0.4, 0.5) is 18.9 Å². The number of nitrogens with one attached hydrogen (secondary N) is 1. The van der Waals surface area contributed by atoms with Crippen LogP contribution in [0.1, 0.15) is 23.1 Å². The molecule has 0 spiro atoms. The van der Waals surface area contributed by atoms with Crippen molar-refractivity contribution in [2.24, 2.45) is 5.92 Å². The van der Waals surface area contributed by atoms with Gasteiger partial charge in [-0.2, -0.15) is 13.2 Å². The molecule has 1 unspecified atom stereocenters. The van der Waals surface area contributed by atoms with Gasteiger partial charge in [-0.05, 0) is 36.8 Å². The number of amides is 2. The van der Waals surface area contributed by atoms with E-state index in [4.69, 9.17) is 0 Å². The van der Waals surface area contributed by atoms with Crippen molar-refractivity contribution in [3.63, 3.8) is 0 Å². The van der Waals surface area contributed by atoms with Gasteiger partial charge < -0.3 is 10.2 Å². The number of nitrogens with zero attached hydrogens (tertiary/aromatic N) is 1. The van der Waals surface area contributed by atoms with Gasteiger partial charge in [0.15, 0.2) is 0 Å². The minimum absolute atomic E-state index is 0.0159. The van der Waals surface area contributed by atoms with Gasteiger partial charge in [-0.25, -0.2) is 0 Å². The average molecular weight is 376 g/mol. The lowest BCUT2D eigenvalue weighted by atomic mass is 10.1. The molecule has 0 bridgehead atoms. The number of rotatable bonds is 4. The molecule has 1 fully saturated rings. The molecule has 3 rings (SSSR count). The summed E-state index contributed by atoms with van der Waals surface area (Å²) in [6.07, 6.45) is -4.34. The van der Waals surface area contributed by atoms with E-state index < -0.39 is 17.7 Å². The van der Waals surface area contributed by atoms with E-state index >= 15 is 0 Å². The van der Waals surface area contributed by atoms with Gasteiger partial charge in [-0.15, -0.1) is 0 Å². The SMILES string of the molecule is Cc1ccc(N2CC(C(=O)NCc3cccc(C(F)(F)F)c3)CC2=O)cc1. The summed E-state index contributed by atoms with van der Waals surface area (Å²) in [7, 11) is 0. The van der Waals surface area contributed by atoms with Crippen molar-refractivity contribution in [1.82, 2.24) is 5.32 Å². The van der Waals surface area contributed by atoms with Crippen LogP contribution in [-0.4, -0.2) is 18.4 Å². The monoisotopic (exact) mass is 376 g/mol. The number of hydrogen-bond acceptors (Lipinski definition) is 2. The van der Waals surface area contributed by atoms with Crippen molar-refractivity contribution in [1.29, 1.82) is 0 Å². The fourth-order valence-electron chi connectivity index (χ4n) is 3.05. The van der Waals surface area contributed by atoms with Crippen LogP contribution in [0, 0.1) is 12.8 Å². The molecule has 142 valence electrons. The largest absolute Gasteiger partial charge is 0.416 e. The molecule has 0 radical (unpaired) electrons. The Morgan fingerprint density at radius 2 is 1.89 bits per heavy atom. The maximum atomic E-state index is 12.8. The number of hydrogen-bond donors (Lipinski definition) is 1. The van der Waals surface area contributed by atoms with Crippen LogP contribution in [0.2, 0.25) is 0 Å². The highest BCUT2D eigenvalue weighted by Gasteiger charge is 2.35. The normalized spacial score (nSPS) is 17.3. The zero-order valence-electron chi connectivity index (χ0n) is 14.7. The minimum Gasteiger partial charge on any atom is -0.352 e. The predicted molar refractivity (Wildman–Crippen MR) is 94.9 cm³/mol. The Balaban J connectivity index is 1.61. The summed E-state index contributed by atoms with van der Waals surface area (Å²) in [6, 6.07) is 12.3. The van der Waals surface area contributed by atoms with Crippen molar-refractivity contribution in [2.45, 2.75) is 26.1 Å². The number of halogens is 3. The van der Waals surface area contributed by atoms with E-state index in [1.165, 1.54) is 12.1 Å². The van der Waals surface area contributed by atoms with Crippen molar-refractivity contribution >= 4 is 17.5 Å². The smallest absolute Gasteiger partial charge is 0.352 e. The van der Waals surface area contributed by atoms with E-state index in [0.717, 1.165) is 23.4 Å². The number of carbonyl (C=O) groups excluding carboxylic acids is 2. The van der Waals surface area contributed by atoms with Crippen LogP contribution in [-0.2, 0) is 22.3 Å². The molecule has 1 saturated heterocycles. The number of carbonyl (C=O) groups is 2. The second-order valence-electron chi connectivity index (χ2n) is 6.66. The molecule has 1 atom stereocenters. The van der Waals surface area contributed by atoms with Crippen molar-refractivity contribution in [3.8, 4) is 0 Å². The topological polar surface area (TPSA) is 49.4 Å². The molecule has 4 nitrogen and oxygen atoms in total. The first-order valence-electron chi connectivity index (χ1n) is 8.55. The summed E-state index contributed by atoms with van der Waals surface area (Å²) in [6.45, 7) is 2.19. The van der Waals surface area contributed by atoms with Crippen molar-refractivity contribution in [3.05, 3.63) is 65.2 Å². The van der Waals surface area contributed by atoms with Gasteiger partial charge in [0.2, 0.25) is 11.8 Å². The zero-order chi connectivity index (χ0) is 19.6. The molecular weight excluding hydrogens is 357 g/mol. The molecule has 2 aromatic carbocycles. The lowest BCUT2D eigenvalue weighted by molar-refractivity contribution is -0.137. The van der Waals surface area contributed by atoms with Gasteiger partial charge in [0.1, 0.15) is 0 Å². The van der Waals surface area contributed by atoms with E-state index in [2.05, 4.69) is 5.32 Å². The van der Waals surface area contributed by atoms with Gasteiger partial charge in [-0.3, -0.25) is 9.59 Å². The van der Waals surface area contributed by atoms with Crippen LogP contribution in [0.25, 0.3) is 0 Å². The lowest BCUT2D eigenvalue weighted by Crippen LogP contribution is -2.32. The molecule has 1 aliphatic heterocycles. The highest BCUT2D eigenvalue weighted by molar-refractivity contribution is 6.00. The number of alkyl halides is 3. The summed E-state index contributed by atoms with van der Waals surface area (Å²) in [5, 5.41) is 2.64. The van der Waals surface area contributed by atoms with Crippen LogP contribution in [0.3, 0.4) is 0 Å². The standard InChI is InChI=1S/C20H19F3N2O2/c1-13-5-7-17(8-6-13)25-12-15(10-18(25)26)19(27)24-11-14-3-2-4-16(9-14)20(21,22)23/h2-9,15H,10-12H2,1H3,(H,24,27). The van der Waals surface area contributed by atoms with Gasteiger partial charge in [0.25, 0.3) is 0 Å². The highest BCUT2D eigenvalue weighted by atomic mass is 19.4. The number of aryl methyl sites for hydroxylation is 1. The first kappa shape index (κ1) is 18.9. The summed E-state index contributed by atoms with van der Waals surface area (Å²) >= 11 is 0. The maximum Gasteiger partial charge on any atom is 0.416 e. The minimum atomic E-state index is -4.42. The molecule has 2 aromatic rings. The summed E-state index contributed by atoms with van der Waals surface area (Å²) in [4.78, 5) is 26.2. The molecule has 1 aliphatic rings. The molecule has 7 heteroatoms. The lowest BCUT2D eigenvalue weighted by Gasteiger charge is -2.17. The zero-order valence-corrected chi connectivity index (χ0v) is 14.7. The summed E-state index contributed by atoms with van der Waals surface area (Å²) < 4.78 is 38.3. The Morgan fingerprint density at radius 3 is 2.56 bits per heavy atom. The van der Waals surface area contributed by atoms with E-state index in [9.17, 15) is 22.8 Å². The van der Waals surface area contributed by atoms with Crippen LogP contribution < -0.4 is 10.2 Å². The molecule has 1 heterocycles. The highest BCUT2D eigenvalue weighted by Crippen LogP contribution is 2.29. The molecule has 0 aromatic heterocycles. The Hall–Kier alpha value is -2.83. The predicted octanol–water partition coefficient (Wildman–Crippen LogP) is 3.68. The van der Waals surface area contributed by atoms with Crippen molar-refractivity contribution < 1.29 is 22.8 Å². The Morgan fingerprint density at radius 1 is 1.19 bits per heavy atom. The molecule has 0 aliphatic carbocycles. The van der Waals surface area contributed by atoms with E-state index in [1.54, 1.807) is 4.90 Å². The molecule has 2 amide bonds. The Bertz CT molecular complexity index is 847. The van der Waals surface area contributed by atoms with E-state index in [1.807, 2.05) is 31.2 Å². The number of anilines is 1.